The van der Waals surface area contributed by atoms with Crippen LogP contribution in [-0.2, 0) is 6.18 Å². The fraction of sp³-hybridized carbons (Fsp3) is 0.154. The smallest absolute Gasteiger partial charge is 0.309 e. The molecule has 0 saturated heterocycles. The monoisotopic (exact) mass is 331 g/mol. The minimum Gasteiger partial charge on any atom is -0.309 e. The van der Waals surface area contributed by atoms with Crippen molar-refractivity contribution in [2.45, 2.75) is 6.18 Å². The Hall–Kier alpha value is -2.35. The average molecular weight is 332 g/mol. The molecule has 0 aliphatic heterocycles. The molecule has 0 saturated carbocycles. The van der Waals surface area contributed by atoms with Gasteiger partial charge in [0.15, 0.2) is 0 Å². The van der Waals surface area contributed by atoms with Gasteiger partial charge in [0.05, 0.1) is 16.3 Å². The molecule has 1 aromatic carbocycles. The molecule has 116 valence electrons. The molecule has 0 aliphatic carbocycles. The van der Waals surface area contributed by atoms with Crippen molar-refractivity contribution in [3.05, 3.63) is 57.0 Å². The van der Waals surface area contributed by atoms with Crippen LogP contribution in [0.15, 0.2) is 35.1 Å². The zero-order valence-corrected chi connectivity index (χ0v) is 11.9. The Labute approximate surface area is 127 Å². The highest BCUT2D eigenvalue weighted by Gasteiger charge is 2.32. The van der Waals surface area contributed by atoms with Crippen molar-refractivity contribution in [2.75, 3.05) is 11.9 Å². The van der Waals surface area contributed by atoms with E-state index in [2.05, 4.69) is 10.2 Å². The number of anilines is 1. The van der Waals surface area contributed by atoms with Crippen LogP contribution in [0.3, 0.4) is 0 Å². The second-order valence-corrected chi connectivity index (χ2v) is 4.74. The van der Waals surface area contributed by atoms with Gasteiger partial charge in [0.1, 0.15) is 5.69 Å². The molecule has 2 aromatic rings. The maximum atomic E-state index is 12.7. The van der Waals surface area contributed by atoms with Gasteiger partial charge in [0.2, 0.25) is 0 Å². The van der Waals surface area contributed by atoms with Gasteiger partial charge < -0.3 is 4.90 Å². The van der Waals surface area contributed by atoms with Crippen molar-refractivity contribution < 1.29 is 18.0 Å². The van der Waals surface area contributed by atoms with E-state index in [1.807, 2.05) is 0 Å². The number of aromatic nitrogens is 2. The summed E-state index contributed by atoms with van der Waals surface area (Å²) in [7, 11) is 1.26. The van der Waals surface area contributed by atoms with Crippen LogP contribution in [0.2, 0.25) is 5.02 Å². The van der Waals surface area contributed by atoms with E-state index in [9.17, 15) is 22.8 Å². The first kappa shape index (κ1) is 16.0. The molecular formula is C13H9ClF3N3O2. The quantitative estimate of drug-likeness (QED) is 0.920. The lowest BCUT2D eigenvalue weighted by Crippen LogP contribution is -2.28. The summed E-state index contributed by atoms with van der Waals surface area (Å²) in [5.74, 6) is -0.711. The molecule has 0 fully saturated rings. The van der Waals surface area contributed by atoms with Gasteiger partial charge in [0, 0.05) is 13.1 Å². The molecule has 0 atom stereocenters. The first-order valence-corrected chi connectivity index (χ1v) is 6.28. The summed E-state index contributed by atoms with van der Waals surface area (Å²) in [6.07, 6.45) is -4.56. The lowest BCUT2D eigenvalue weighted by Gasteiger charge is -2.19. The number of halogens is 4. The van der Waals surface area contributed by atoms with E-state index in [-0.39, 0.29) is 16.4 Å². The van der Waals surface area contributed by atoms with Gasteiger partial charge >= 0.3 is 6.18 Å². The Morgan fingerprint density at radius 1 is 1.27 bits per heavy atom. The molecule has 5 nitrogen and oxygen atoms in total. The van der Waals surface area contributed by atoms with E-state index in [1.165, 1.54) is 13.1 Å². The van der Waals surface area contributed by atoms with Crippen LogP contribution in [0.5, 0.6) is 0 Å². The Kier molecular flexibility index (Phi) is 4.23. The van der Waals surface area contributed by atoms with Gasteiger partial charge in [-0.15, -0.1) is 0 Å². The molecule has 0 spiro atoms. The number of rotatable bonds is 2. The molecule has 2 rings (SSSR count). The Morgan fingerprint density at radius 3 is 2.50 bits per heavy atom. The third-order valence-electron chi connectivity index (χ3n) is 2.84. The maximum Gasteiger partial charge on any atom is 0.416 e. The van der Waals surface area contributed by atoms with E-state index < -0.39 is 23.2 Å². The molecular weight excluding hydrogens is 323 g/mol. The molecule has 1 aromatic heterocycles. The van der Waals surface area contributed by atoms with Crippen LogP contribution in [0.4, 0.5) is 18.9 Å². The topological polar surface area (TPSA) is 66.1 Å². The van der Waals surface area contributed by atoms with Crippen molar-refractivity contribution in [2.24, 2.45) is 0 Å². The number of amides is 1. The second kappa shape index (κ2) is 5.80. The van der Waals surface area contributed by atoms with Crippen LogP contribution in [-0.4, -0.2) is 23.2 Å². The number of carbonyl (C=O) groups is 1. The number of alkyl halides is 3. The van der Waals surface area contributed by atoms with E-state index in [1.54, 1.807) is 0 Å². The highest BCUT2D eigenvalue weighted by molar-refractivity contribution is 6.34. The third kappa shape index (κ3) is 3.28. The number of carbonyl (C=O) groups excluding carboxylic acids is 1. The van der Waals surface area contributed by atoms with Gasteiger partial charge in [-0.1, -0.05) is 11.6 Å². The summed E-state index contributed by atoms with van der Waals surface area (Å²) in [5, 5.41) is 5.58. The molecule has 9 heteroatoms. The summed E-state index contributed by atoms with van der Waals surface area (Å²) < 4.78 is 38.2. The molecule has 1 N–H and O–H groups in total. The van der Waals surface area contributed by atoms with Crippen molar-refractivity contribution in [1.29, 1.82) is 0 Å². The summed E-state index contributed by atoms with van der Waals surface area (Å²) in [5.41, 5.74) is -1.68. The molecule has 0 bridgehead atoms. The van der Waals surface area contributed by atoms with Gasteiger partial charge in [-0.25, -0.2) is 5.10 Å². The summed E-state index contributed by atoms with van der Waals surface area (Å²) in [4.78, 5) is 24.0. The van der Waals surface area contributed by atoms with Crippen molar-refractivity contribution in [1.82, 2.24) is 10.2 Å². The molecule has 0 unspecified atom stereocenters. The van der Waals surface area contributed by atoms with Crippen LogP contribution >= 0.6 is 11.6 Å². The van der Waals surface area contributed by atoms with Crippen LogP contribution in [0.1, 0.15) is 16.1 Å². The Balaban J connectivity index is 2.40. The fourth-order valence-electron chi connectivity index (χ4n) is 1.69. The highest BCUT2D eigenvalue weighted by Crippen LogP contribution is 2.35. The number of hydrogen-bond donors (Lipinski definition) is 1. The van der Waals surface area contributed by atoms with Crippen LogP contribution in [0, 0.1) is 0 Å². The standard InChI is InChI=1S/C13H9ClF3N3O2/c1-20(12(22)9-4-5-11(21)19-18-9)10-6-7(13(15,16)17)2-3-8(10)14/h2-6H,1H3,(H,19,21). The molecule has 1 amide bonds. The first-order chi connectivity index (χ1) is 10.2. The van der Waals surface area contributed by atoms with Crippen molar-refractivity contribution in [3.63, 3.8) is 0 Å². The normalized spacial score (nSPS) is 11.3. The summed E-state index contributed by atoms with van der Waals surface area (Å²) in [6, 6.07) is 4.90. The Morgan fingerprint density at radius 2 is 1.95 bits per heavy atom. The number of aromatic amines is 1. The summed E-state index contributed by atoms with van der Waals surface area (Å²) in [6.45, 7) is 0. The van der Waals surface area contributed by atoms with E-state index >= 15 is 0 Å². The lowest BCUT2D eigenvalue weighted by atomic mass is 10.1. The minimum atomic E-state index is -4.56. The Bertz CT molecular complexity index is 753. The minimum absolute atomic E-state index is 0.0201. The predicted molar refractivity (Wildman–Crippen MR) is 74.0 cm³/mol. The number of hydrogen-bond acceptors (Lipinski definition) is 3. The average Bonchev–Trinajstić information content (AvgIpc) is 2.46. The first-order valence-electron chi connectivity index (χ1n) is 5.90. The number of nitrogens with one attached hydrogen (secondary N) is 1. The zero-order valence-electron chi connectivity index (χ0n) is 11.1. The number of H-pyrrole nitrogens is 1. The van der Waals surface area contributed by atoms with Gasteiger partial charge in [-0.3, -0.25) is 9.59 Å². The summed E-state index contributed by atoms with van der Waals surface area (Å²) >= 11 is 5.86. The second-order valence-electron chi connectivity index (χ2n) is 4.33. The number of nitrogens with zero attached hydrogens (tertiary/aromatic N) is 2. The van der Waals surface area contributed by atoms with E-state index in [0.29, 0.717) is 0 Å². The largest absolute Gasteiger partial charge is 0.416 e. The van der Waals surface area contributed by atoms with Crippen molar-refractivity contribution >= 4 is 23.2 Å². The molecule has 0 aliphatic rings. The van der Waals surface area contributed by atoms with Crippen LogP contribution < -0.4 is 10.5 Å². The van der Waals surface area contributed by atoms with E-state index in [0.717, 1.165) is 29.2 Å². The van der Waals surface area contributed by atoms with Gasteiger partial charge in [-0.05, 0) is 24.3 Å². The lowest BCUT2D eigenvalue weighted by molar-refractivity contribution is -0.137. The molecule has 1 heterocycles. The number of benzene rings is 1. The highest BCUT2D eigenvalue weighted by atomic mass is 35.5. The fourth-order valence-corrected chi connectivity index (χ4v) is 1.94. The van der Waals surface area contributed by atoms with E-state index in [4.69, 9.17) is 11.6 Å². The van der Waals surface area contributed by atoms with Gasteiger partial charge in [0.25, 0.3) is 11.5 Å². The zero-order chi connectivity index (χ0) is 16.5. The third-order valence-corrected chi connectivity index (χ3v) is 3.16. The molecule has 0 radical (unpaired) electrons. The van der Waals surface area contributed by atoms with Gasteiger partial charge in [-0.2, -0.15) is 18.3 Å². The molecule has 22 heavy (non-hydrogen) atoms. The van der Waals surface area contributed by atoms with Crippen LogP contribution in [0.25, 0.3) is 0 Å². The van der Waals surface area contributed by atoms with Crippen molar-refractivity contribution in [3.8, 4) is 0 Å². The predicted octanol–water partition coefficient (Wildman–Crippen LogP) is 2.72. The SMILES string of the molecule is CN(C(=O)c1ccc(=O)[nH]n1)c1cc(C(F)(F)F)ccc1Cl. The maximum absolute atomic E-state index is 12.7.